The second kappa shape index (κ2) is 7.65. The topological polar surface area (TPSA) is 105 Å². The van der Waals surface area contributed by atoms with Crippen LogP contribution < -0.4 is 16.4 Å². The van der Waals surface area contributed by atoms with E-state index in [1.165, 1.54) is 0 Å². The lowest BCUT2D eigenvalue weighted by atomic mass is 9.98. The lowest BCUT2D eigenvalue weighted by molar-refractivity contribution is -0.204. The Balaban J connectivity index is 1.91. The molecule has 0 amide bonds. The molecule has 0 spiro atoms. The Morgan fingerprint density at radius 3 is 2.38 bits per heavy atom. The van der Waals surface area contributed by atoms with Gasteiger partial charge in [0.05, 0.1) is 17.3 Å². The van der Waals surface area contributed by atoms with E-state index in [0.29, 0.717) is 30.5 Å². The first-order valence-electron chi connectivity index (χ1n) is 9.08. The molecule has 0 aliphatic carbocycles. The molecule has 8 heteroatoms. The Labute approximate surface area is 155 Å². The highest BCUT2D eigenvalue weighted by molar-refractivity contribution is 5.75. The average Bonchev–Trinajstić information content (AvgIpc) is 2.50. The Morgan fingerprint density at radius 2 is 1.85 bits per heavy atom. The fourth-order valence-corrected chi connectivity index (χ4v) is 2.44. The maximum atomic E-state index is 12.0. The number of aromatic nitrogens is 2. The third-order valence-corrected chi connectivity index (χ3v) is 3.92. The number of anilines is 3. The number of nitrogens with one attached hydrogen (secondary N) is 2. The number of hydroxylamine groups is 2. The van der Waals surface area contributed by atoms with Crippen molar-refractivity contribution in [1.82, 2.24) is 15.0 Å². The third-order valence-electron chi connectivity index (χ3n) is 3.92. The smallest absolute Gasteiger partial charge is 0.330 e. The van der Waals surface area contributed by atoms with Gasteiger partial charge >= 0.3 is 5.97 Å². The van der Waals surface area contributed by atoms with Gasteiger partial charge in [0, 0.05) is 24.7 Å². The quantitative estimate of drug-likeness (QED) is 0.749. The molecule has 0 aromatic carbocycles. The molecule has 1 aliphatic rings. The van der Waals surface area contributed by atoms with Crippen LogP contribution in [0.15, 0.2) is 6.20 Å². The van der Waals surface area contributed by atoms with E-state index < -0.39 is 5.41 Å². The van der Waals surface area contributed by atoms with Gasteiger partial charge in [-0.25, -0.2) is 9.78 Å². The molecule has 0 unspecified atom stereocenters. The lowest BCUT2D eigenvalue weighted by Crippen LogP contribution is -2.42. The van der Waals surface area contributed by atoms with E-state index in [-0.39, 0.29) is 17.6 Å². The van der Waals surface area contributed by atoms with Crippen LogP contribution >= 0.6 is 0 Å². The van der Waals surface area contributed by atoms with Crippen molar-refractivity contribution < 1.29 is 9.63 Å². The summed E-state index contributed by atoms with van der Waals surface area (Å²) in [4.78, 5) is 26.2. The molecule has 4 N–H and O–H groups in total. The minimum atomic E-state index is -0.499. The second-order valence-corrected chi connectivity index (χ2v) is 8.85. The van der Waals surface area contributed by atoms with Gasteiger partial charge in [-0.2, -0.15) is 4.98 Å². The maximum absolute atomic E-state index is 12.0. The predicted octanol–water partition coefficient (Wildman–Crippen LogP) is 2.65. The summed E-state index contributed by atoms with van der Waals surface area (Å²) in [5.41, 5.74) is 5.91. The molecule has 146 valence electrons. The monoisotopic (exact) mass is 364 g/mol. The first kappa shape index (κ1) is 20.2. The zero-order valence-corrected chi connectivity index (χ0v) is 16.7. The van der Waals surface area contributed by atoms with Crippen LogP contribution in [0.5, 0.6) is 0 Å². The van der Waals surface area contributed by atoms with Gasteiger partial charge in [-0.1, -0.05) is 0 Å². The molecule has 26 heavy (non-hydrogen) atoms. The number of nitrogen functional groups attached to an aromatic ring is 1. The first-order valence-corrected chi connectivity index (χ1v) is 9.08. The summed E-state index contributed by atoms with van der Waals surface area (Å²) in [5, 5.41) is 8.38. The second-order valence-electron chi connectivity index (χ2n) is 8.85. The standard InChI is InChI=1S/C18H32N6O2/c1-17(2,3)15(25)26-24-9-7-12(8-10-24)21-14-13(19)11-20-16(22-14)23-18(4,5)6/h11-12H,7-10,19H2,1-6H3,(H2,20,21,22,23). The fraction of sp³-hybridized carbons (Fsp3) is 0.722. The van der Waals surface area contributed by atoms with E-state index in [0.717, 1.165) is 12.8 Å². The van der Waals surface area contributed by atoms with E-state index in [1.54, 1.807) is 11.3 Å². The van der Waals surface area contributed by atoms with Gasteiger partial charge in [-0.3, -0.25) is 0 Å². The molecule has 1 aromatic rings. The van der Waals surface area contributed by atoms with Gasteiger partial charge in [0.2, 0.25) is 5.95 Å². The number of hydrogen-bond acceptors (Lipinski definition) is 8. The summed E-state index contributed by atoms with van der Waals surface area (Å²) in [7, 11) is 0. The summed E-state index contributed by atoms with van der Waals surface area (Å²) < 4.78 is 0. The van der Waals surface area contributed by atoms with Gasteiger partial charge < -0.3 is 21.2 Å². The van der Waals surface area contributed by atoms with E-state index in [2.05, 4.69) is 41.4 Å². The number of rotatable bonds is 4. The number of hydrogen-bond donors (Lipinski definition) is 3. The summed E-state index contributed by atoms with van der Waals surface area (Å²) in [5.74, 6) is 0.976. The highest BCUT2D eigenvalue weighted by Crippen LogP contribution is 2.23. The molecule has 1 saturated heterocycles. The van der Waals surface area contributed by atoms with E-state index in [9.17, 15) is 4.79 Å². The average molecular weight is 364 g/mol. The SMILES string of the molecule is CC(C)(C)Nc1ncc(N)c(NC2CCN(OC(=O)C(C)(C)C)CC2)n1. The molecule has 2 rings (SSSR count). The van der Waals surface area contributed by atoms with Crippen molar-refractivity contribution in [1.29, 1.82) is 0 Å². The highest BCUT2D eigenvalue weighted by atomic mass is 16.7. The van der Waals surface area contributed by atoms with Crippen LogP contribution in [0.1, 0.15) is 54.4 Å². The Hall–Kier alpha value is -2.09. The van der Waals surface area contributed by atoms with Crippen LogP contribution in [0, 0.1) is 5.41 Å². The normalized spacial score (nSPS) is 17.0. The van der Waals surface area contributed by atoms with E-state index >= 15 is 0 Å². The molecule has 1 aliphatic heterocycles. The van der Waals surface area contributed by atoms with Gasteiger partial charge in [-0.05, 0) is 54.4 Å². The van der Waals surface area contributed by atoms with Crippen molar-refractivity contribution in [3.8, 4) is 0 Å². The summed E-state index contributed by atoms with van der Waals surface area (Å²) >= 11 is 0. The molecule has 8 nitrogen and oxygen atoms in total. The Morgan fingerprint density at radius 1 is 1.23 bits per heavy atom. The van der Waals surface area contributed by atoms with Crippen LogP contribution in [0.25, 0.3) is 0 Å². The van der Waals surface area contributed by atoms with E-state index in [1.807, 2.05) is 20.8 Å². The van der Waals surface area contributed by atoms with Crippen molar-refractivity contribution in [3.63, 3.8) is 0 Å². The predicted molar refractivity (Wildman–Crippen MR) is 104 cm³/mol. The van der Waals surface area contributed by atoms with Gasteiger partial charge in [0.1, 0.15) is 0 Å². The lowest BCUT2D eigenvalue weighted by Gasteiger charge is -2.32. The van der Waals surface area contributed by atoms with Crippen molar-refractivity contribution in [3.05, 3.63) is 6.20 Å². The molecule has 1 fully saturated rings. The highest BCUT2D eigenvalue weighted by Gasteiger charge is 2.28. The molecule has 2 heterocycles. The number of carbonyl (C=O) groups excluding carboxylic acids is 1. The maximum Gasteiger partial charge on any atom is 0.330 e. The van der Waals surface area contributed by atoms with Crippen LogP contribution in [-0.4, -0.2) is 45.7 Å². The fourth-order valence-electron chi connectivity index (χ4n) is 2.44. The molecule has 0 atom stereocenters. The van der Waals surface area contributed by atoms with Crippen molar-refractivity contribution in [2.75, 3.05) is 29.5 Å². The van der Waals surface area contributed by atoms with Gasteiger partial charge in [0.15, 0.2) is 5.82 Å². The molecule has 1 aromatic heterocycles. The van der Waals surface area contributed by atoms with E-state index in [4.69, 9.17) is 10.6 Å². The van der Waals surface area contributed by atoms with Gasteiger partial charge in [-0.15, -0.1) is 5.06 Å². The zero-order chi connectivity index (χ0) is 19.5. The minimum absolute atomic E-state index is 0.129. The third kappa shape index (κ3) is 6.01. The van der Waals surface area contributed by atoms with Crippen LogP contribution in [0.2, 0.25) is 0 Å². The summed E-state index contributed by atoms with van der Waals surface area (Å²) in [6.45, 7) is 13.1. The molecular weight excluding hydrogens is 332 g/mol. The molecular formula is C18H32N6O2. The van der Waals surface area contributed by atoms with Crippen LogP contribution in [0.4, 0.5) is 17.5 Å². The zero-order valence-electron chi connectivity index (χ0n) is 16.7. The van der Waals surface area contributed by atoms with Crippen LogP contribution in [0.3, 0.4) is 0 Å². The molecule has 0 saturated carbocycles. The van der Waals surface area contributed by atoms with Crippen molar-refractivity contribution in [2.45, 2.75) is 66.0 Å². The minimum Gasteiger partial charge on any atom is -0.394 e. The Kier molecular flexibility index (Phi) is 5.95. The molecule has 0 radical (unpaired) electrons. The number of carbonyl (C=O) groups is 1. The number of piperidine rings is 1. The summed E-state index contributed by atoms with van der Waals surface area (Å²) in [6, 6.07) is 0.222. The summed E-state index contributed by atoms with van der Waals surface area (Å²) in [6.07, 6.45) is 3.29. The Bertz CT molecular complexity index is 628. The molecule has 0 bridgehead atoms. The van der Waals surface area contributed by atoms with Gasteiger partial charge in [0.25, 0.3) is 0 Å². The van der Waals surface area contributed by atoms with Crippen molar-refractivity contribution >= 4 is 23.4 Å². The number of nitrogens with zero attached hydrogens (tertiary/aromatic N) is 3. The van der Waals surface area contributed by atoms with Crippen molar-refractivity contribution in [2.24, 2.45) is 5.41 Å². The first-order chi connectivity index (χ1) is 11.9. The van der Waals surface area contributed by atoms with Crippen LogP contribution in [-0.2, 0) is 9.63 Å². The largest absolute Gasteiger partial charge is 0.394 e. The number of nitrogens with two attached hydrogens (primary N) is 1.